The van der Waals surface area contributed by atoms with Crippen molar-refractivity contribution in [2.45, 2.75) is 126 Å². The number of rotatable bonds is 4. The van der Waals surface area contributed by atoms with Crippen LogP contribution in [0.2, 0.25) is 0 Å². The van der Waals surface area contributed by atoms with Crippen molar-refractivity contribution in [1.82, 2.24) is 0 Å². The molecule has 0 amide bonds. The van der Waals surface area contributed by atoms with Gasteiger partial charge in [-0.05, 0) is 105 Å². The van der Waals surface area contributed by atoms with Gasteiger partial charge in [0.15, 0.2) is 0 Å². The molecule has 0 heterocycles. The van der Waals surface area contributed by atoms with E-state index in [9.17, 15) is 9.90 Å². The van der Waals surface area contributed by atoms with Crippen LogP contribution in [-0.2, 0) is 4.79 Å². The SMILES string of the molecule is CC.CC.CC(=O)CCC(C)C1CCC2C3CC=C4CC(O)CCC4(C)C3CCC12C. The molecule has 0 aromatic rings. The van der Waals surface area contributed by atoms with Crippen LogP contribution in [0.5, 0.6) is 0 Å². The van der Waals surface area contributed by atoms with Crippen LogP contribution in [0.3, 0.4) is 0 Å². The molecule has 180 valence electrons. The molecule has 8 unspecified atom stereocenters. The van der Waals surface area contributed by atoms with Crippen LogP contribution in [-0.4, -0.2) is 17.0 Å². The zero-order valence-electron chi connectivity index (χ0n) is 22.0. The first-order valence-electron chi connectivity index (χ1n) is 13.6. The highest BCUT2D eigenvalue weighted by atomic mass is 16.3. The van der Waals surface area contributed by atoms with Gasteiger partial charge < -0.3 is 9.90 Å². The number of ketones is 1. The Morgan fingerprint density at radius 2 is 1.74 bits per heavy atom. The van der Waals surface area contributed by atoms with Gasteiger partial charge in [0.2, 0.25) is 0 Å². The summed E-state index contributed by atoms with van der Waals surface area (Å²) in [6.07, 6.45) is 14.1. The molecule has 3 fully saturated rings. The van der Waals surface area contributed by atoms with E-state index in [2.05, 4.69) is 26.8 Å². The second-order valence-corrected chi connectivity index (χ2v) is 11.1. The first-order chi connectivity index (χ1) is 14.8. The van der Waals surface area contributed by atoms with E-state index >= 15 is 0 Å². The summed E-state index contributed by atoms with van der Waals surface area (Å²) in [7, 11) is 0. The second kappa shape index (κ2) is 11.0. The highest BCUT2D eigenvalue weighted by Gasteiger charge is 2.59. The van der Waals surface area contributed by atoms with Crippen LogP contribution in [0.4, 0.5) is 0 Å². The summed E-state index contributed by atoms with van der Waals surface area (Å²) in [5.74, 6) is 4.36. The number of Topliss-reactive ketones (excluding diaryl/α,β-unsaturated/α-hetero) is 1. The van der Waals surface area contributed by atoms with E-state index in [0.29, 0.717) is 22.5 Å². The maximum absolute atomic E-state index is 11.5. The molecule has 8 atom stereocenters. The van der Waals surface area contributed by atoms with Gasteiger partial charge in [-0.15, -0.1) is 0 Å². The third-order valence-electron chi connectivity index (χ3n) is 9.79. The van der Waals surface area contributed by atoms with Crippen LogP contribution >= 0.6 is 0 Å². The highest BCUT2D eigenvalue weighted by Crippen LogP contribution is 2.67. The highest BCUT2D eigenvalue weighted by molar-refractivity contribution is 5.75. The predicted octanol–water partition coefficient (Wildman–Crippen LogP) is 7.98. The lowest BCUT2D eigenvalue weighted by molar-refractivity contribution is -0.117. The van der Waals surface area contributed by atoms with E-state index in [0.717, 1.165) is 49.4 Å². The zero-order chi connectivity index (χ0) is 23.4. The van der Waals surface area contributed by atoms with E-state index in [4.69, 9.17) is 0 Å². The molecule has 3 saturated carbocycles. The number of carbonyl (C=O) groups excluding carboxylic acids is 1. The molecule has 31 heavy (non-hydrogen) atoms. The second-order valence-electron chi connectivity index (χ2n) is 11.1. The molecular weight excluding hydrogens is 380 g/mol. The van der Waals surface area contributed by atoms with Crippen molar-refractivity contribution in [3.05, 3.63) is 11.6 Å². The molecule has 0 aliphatic heterocycles. The van der Waals surface area contributed by atoms with Crippen LogP contribution < -0.4 is 0 Å². The van der Waals surface area contributed by atoms with Crippen molar-refractivity contribution in [2.75, 3.05) is 0 Å². The summed E-state index contributed by atoms with van der Waals surface area (Å²) in [5, 5.41) is 10.2. The molecule has 0 radical (unpaired) electrons. The van der Waals surface area contributed by atoms with E-state index in [1.165, 1.54) is 38.5 Å². The minimum absolute atomic E-state index is 0.104. The Hall–Kier alpha value is -0.630. The molecule has 2 nitrogen and oxygen atoms in total. The van der Waals surface area contributed by atoms with Crippen molar-refractivity contribution in [3.8, 4) is 0 Å². The van der Waals surface area contributed by atoms with Crippen molar-refractivity contribution in [3.63, 3.8) is 0 Å². The molecule has 0 aromatic heterocycles. The quantitative estimate of drug-likeness (QED) is 0.457. The summed E-state index contributed by atoms with van der Waals surface area (Å²) >= 11 is 0. The van der Waals surface area contributed by atoms with E-state index < -0.39 is 0 Å². The van der Waals surface area contributed by atoms with Crippen LogP contribution in [0.15, 0.2) is 11.6 Å². The van der Waals surface area contributed by atoms with Gasteiger partial charge in [0.1, 0.15) is 5.78 Å². The summed E-state index contributed by atoms with van der Waals surface area (Å²) in [6, 6.07) is 0. The number of aliphatic hydroxyl groups excluding tert-OH is 1. The summed E-state index contributed by atoms with van der Waals surface area (Å²) in [5.41, 5.74) is 2.41. The largest absolute Gasteiger partial charge is 0.393 e. The third kappa shape index (κ3) is 4.99. The van der Waals surface area contributed by atoms with Crippen LogP contribution in [0.1, 0.15) is 120 Å². The molecule has 0 saturated heterocycles. The van der Waals surface area contributed by atoms with Crippen LogP contribution in [0, 0.1) is 40.4 Å². The maximum atomic E-state index is 11.5. The third-order valence-corrected chi connectivity index (χ3v) is 9.79. The Bertz CT molecular complexity index is 622. The average Bonchev–Trinajstić information content (AvgIpc) is 3.12. The Morgan fingerprint density at radius 1 is 1.06 bits per heavy atom. The molecule has 4 aliphatic carbocycles. The van der Waals surface area contributed by atoms with Gasteiger partial charge in [-0.2, -0.15) is 0 Å². The fourth-order valence-corrected chi connectivity index (χ4v) is 8.25. The van der Waals surface area contributed by atoms with E-state index in [1.807, 2.05) is 27.7 Å². The smallest absolute Gasteiger partial charge is 0.129 e. The van der Waals surface area contributed by atoms with E-state index in [-0.39, 0.29) is 6.10 Å². The van der Waals surface area contributed by atoms with Gasteiger partial charge in [0.05, 0.1) is 6.10 Å². The van der Waals surface area contributed by atoms with E-state index in [1.54, 1.807) is 12.5 Å². The number of carbonyl (C=O) groups is 1. The Labute approximate surface area is 193 Å². The van der Waals surface area contributed by atoms with Crippen molar-refractivity contribution in [2.24, 2.45) is 40.4 Å². The summed E-state index contributed by atoms with van der Waals surface area (Å²) in [6.45, 7) is 17.3. The average molecular weight is 433 g/mol. The predicted molar refractivity (Wildman–Crippen MR) is 133 cm³/mol. The molecular formula is C29H52O2. The Kier molecular flexibility index (Phi) is 9.44. The Balaban J connectivity index is 0.000000807. The number of hydrogen-bond acceptors (Lipinski definition) is 2. The summed E-state index contributed by atoms with van der Waals surface area (Å²) in [4.78, 5) is 11.5. The first-order valence-corrected chi connectivity index (χ1v) is 13.6. The van der Waals surface area contributed by atoms with Gasteiger partial charge >= 0.3 is 0 Å². The normalized spacial score (nSPS) is 41.7. The van der Waals surface area contributed by atoms with Gasteiger partial charge in [-0.3, -0.25) is 0 Å². The Morgan fingerprint density at radius 3 is 2.39 bits per heavy atom. The standard InChI is InChI=1S/C25H40O2.2C2H6/c1-16(5-6-17(2)26)21-9-10-22-20-8-7-18-15-19(27)11-13-24(18,3)23(20)12-14-25(21,22)4;2*1-2/h7,16,19-23,27H,5-6,8-15H2,1-4H3;2*1-2H3. The molecule has 4 aliphatic rings. The lowest BCUT2D eigenvalue weighted by atomic mass is 9.47. The lowest BCUT2D eigenvalue weighted by Gasteiger charge is -2.58. The minimum atomic E-state index is -0.104. The molecule has 4 rings (SSSR count). The molecule has 0 aromatic carbocycles. The lowest BCUT2D eigenvalue weighted by Crippen LogP contribution is -2.50. The van der Waals surface area contributed by atoms with Crippen molar-refractivity contribution < 1.29 is 9.90 Å². The summed E-state index contributed by atoms with van der Waals surface area (Å²) < 4.78 is 0. The zero-order valence-corrected chi connectivity index (χ0v) is 22.0. The molecule has 0 bridgehead atoms. The van der Waals surface area contributed by atoms with Gasteiger partial charge in [0.25, 0.3) is 0 Å². The van der Waals surface area contributed by atoms with Crippen LogP contribution in [0.25, 0.3) is 0 Å². The van der Waals surface area contributed by atoms with Crippen molar-refractivity contribution in [1.29, 1.82) is 0 Å². The molecule has 2 heteroatoms. The topological polar surface area (TPSA) is 37.3 Å². The van der Waals surface area contributed by atoms with Crippen molar-refractivity contribution >= 4 is 5.78 Å². The fourth-order valence-electron chi connectivity index (χ4n) is 8.25. The van der Waals surface area contributed by atoms with Gasteiger partial charge in [0, 0.05) is 6.42 Å². The van der Waals surface area contributed by atoms with Gasteiger partial charge in [-0.25, -0.2) is 0 Å². The number of allylic oxidation sites excluding steroid dienone is 1. The maximum Gasteiger partial charge on any atom is 0.129 e. The fraction of sp³-hybridized carbons (Fsp3) is 0.897. The number of fused-ring (bicyclic) bond motifs is 5. The number of hydrogen-bond donors (Lipinski definition) is 1. The monoisotopic (exact) mass is 432 g/mol. The molecule has 1 N–H and O–H groups in total. The first kappa shape index (κ1) is 26.6. The molecule has 0 spiro atoms. The minimum Gasteiger partial charge on any atom is -0.393 e. The number of aliphatic hydroxyl groups is 1. The van der Waals surface area contributed by atoms with Gasteiger partial charge in [-0.1, -0.05) is 60.1 Å².